The maximum Gasteiger partial charge on any atom is 0.152 e. The van der Waals surface area contributed by atoms with Gasteiger partial charge in [0, 0.05) is 0 Å². The SMILES string of the molecule is CCCCCCCC/C(C)=C/C(C)=O. The lowest BCUT2D eigenvalue weighted by atomic mass is 10.1. The molecule has 14 heavy (non-hydrogen) atoms. The summed E-state index contributed by atoms with van der Waals surface area (Å²) in [6, 6.07) is 0. The first-order chi connectivity index (χ1) is 6.66. The molecule has 0 aliphatic rings. The van der Waals surface area contributed by atoms with Crippen LogP contribution in [0.25, 0.3) is 0 Å². The molecule has 0 aromatic rings. The van der Waals surface area contributed by atoms with Crippen LogP contribution in [0, 0.1) is 0 Å². The Hall–Kier alpha value is -0.590. The molecule has 0 saturated carbocycles. The van der Waals surface area contributed by atoms with E-state index in [1.165, 1.54) is 44.1 Å². The molecule has 82 valence electrons. The minimum Gasteiger partial charge on any atom is -0.295 e. The van der Waals surface area contributed by atoms with E-state index >= 15 is 0 Å². The normalized spacial score (nSPS) is 11.8. The highest BCUT2D eigenvalue weighted by atomic mass is 16.1. The van der Waals surface area contributed by atoms with Gasteiger partial charge in [0.05, 0.1) is 0 Å². The number of carbonyl (C=O) groups is 1. The Morgan fingerprint density at radius 3 is 2.14 bits per heavy atom. The van der Waals surface area contributed by atoms with E-state index in [0.717, 1.165) is 6.42 Å². The molecule has 0 atom stereocenters. The Bertz CT molecular complexity index is 180. The fourth-order valence-electron chi connectivity index (χ4n) is 1.60. The van der Waals surface area contributed by atoms with E-state index in [1.807, 2.05) is 6.92 Å². The van der Waals surface area contributed by atoms with Crippen molar-refractivity contribution >= 4 is 5.78 Å². The molecular weight excluding hydrogens is 172 g/mol. The molecule has 0 amide bonds. The molecule has 1 heteroatoms. The Morgan fingerprint density at radius 1 is 1.00 bits per heavy atom. The molecule has 0 saturated heterocycles. The van der Waals surface area contributed by atoms with Gasteiger partial charge in [0.2, 0.25) is 0 Å². The molecule has 0 rings (SSSR count). The van der Waals surface area contributed by atoms with Crippen molar-refractivity contribution in [1.29, 1.82) is 0 Å². The number of allylic oxidation sites excluding steroid dienone is 2. The van der Waals surface area contributed by atoms with E-state index in [2.05, 4.69) is 6.92 Å². The summed E-state index contributed by atoms with van der Waals surface area (Å²) in [5.74, 6) is 0.175. The quantitative estimate of drug-likeness (QED) is 0.418. The monoisotopic (exact) mass is 196 g/mol. The fourth-order valence-corrected chi connectivity index (χ4v) is 1.60. The minimum absolute atomic E-state index is 0.175. The Morgan fingerprint density at radius 2 is 1.57 bits per heavy atom. The molecule has 0 spiro atoms. The highest BCUT2D eigenvalue weighted by Gasteiger charge is 1.93. The van der Waals surface area contributed by atoms with E-state index < -0.39 is 0 Å². The average molecular weight is 196 g/mol. The highest BCUT2D eigenvalue weighted by molar-refractivity contribution is 5.87. The third kappa shape index (κ3) is 9.50. The Labute approximate surface area is 88.6 Å². The molecular formula is C13H24O. The molecule has 0 fully saturated rings. The summed E-state index contributed by atoms with van der Waals surface area (Å²) in [6.07, 6.45) is 10.8. The molecule has 0 aliphatic heterocycles. The van der Waals surface area contributed by atoms with Gasteiger partial charge in [0.1, 0.15) is 0 Å². The van der Waals surface area contributed by atoms with E-state index in [4.69, 9.17) is 0 Å². The van der Waals surface area contributed by atoms with Gasteiger partial charge in [-0.05, 0) is 32.8 Å². The average Bonchev–Trinajstić information content (AvgIpc) is 2.10. The zero-order chi connectivity index (χ0) is 10.8. The molecule has 0 N–H and O–H groups in total. The van der Waals surface area contributed by atoms with Gasteiger partial charge in [-0.1, -0.05) is 44.6 Å². The molecule has 1 nitrogen and oxygen atoms in total. The van der Waals surface area contributed by atoms with E-state index in [-0.39, 0.29) is 5.78 Å². The van der Waals surface area contributed by atoms with Gasteiger partial charge in [-0.3, -0.25) is 4.79 Å². The van der Waals surface area contributed by atoms with Crippen LogP contribution in [-0.2, 0) is 4.79 Å². The van der Waals surface area contributed by atoms with Gasteiger partial charge < -0.3 is 0 Å². The summed E-state index contributed by atoms with van der Waals surface area (Å²) in [5.41, 5.74) is 1.23. The van der Waals surface area contributed by atoms with Gasteiger partial charge in [-0.25, -0.2) is 0 Å². The third-order valence-corrected chi connectivity index (χ3v) is 2.37. The van der Waals surface area contributed by atoms with Crippen LogP contribution in [0.5, 0.6) is 0 Å². The largest absolute Gasteiger partial charge is 0.295 e. The second-order valence-corrected chi connectivity index (χ2v) is 4.12. The van der Waals surface area contributed by atoms with Crippen LogP contribution in [0.15, 0.2) is 11.6 Å². The van der Waals surface area contributed by atoms with Gasteiger partial charge in [0.25, 0.3) is 0 Å². The summed E-state index contributed by atoms with van der Waals surface area (Å²) in [6.45, 7) is 5.90. The van der Waals surface area contributed by atoms with Crippen LogP contribution < -0.4 is 0 Å². The van der Waals surface area contributed by atoms with Crippen molar-refractivity contribution in [3.8, 4) is 0 Å². The van der Waals surface area contributed by atoms with Gasteiger partial charge in [-0.15, -0.1) is 0 Å². The first-order valence-corrected chi connectivity index (χ1v) is 5.84. The van der Waals surface area contributed by atoms with E-state index in [1.54, 1.807) is 13.0 Å². The maximum atomic E-state index is 10.8. The molecule has 0 heterocycles. The number of hydrogen-bond acceptors (Lipinski definition) is 1. The van der Waals surface area contributed by atoms with Crippen LogP contribution in [0.1, 0.15) is 65.7 Å². The predicted octanol–water partition coefficient (Wildman–Crippen LogP) is 4.27. The zero-order valence-electron chi connectivity index (χ0n) is 9.94. The lowest BCUT2D eigenvalue weighted by Crippen LogP contribution is -1.86. The first kappa shape index (κ1) is 13.4. The van der Waals surface area contributed by atoms with E-state index in [0.29, 0.717) is 0 Å². The summed E-state index contributed by atoms with van der Waals surface area (Å²) in [5, 5.41) is 0. The number of hydrogen-bond donors (Lipinski definition) is 0. The number of carbonyl (C=O) groups excluding carboxylic acids is 1. The van der Waals surface area contributed by atoms with Crippen molar-refractivity contribution in [3.05, 3.63) is 11.6 Å². The molecule has 0 aliphatic carbocycles. The molecule has 0 radical (unpaired) electrons. The summed E-state index contributed by atoms with van der Waals surface area (Å²) in [7, 11) is 0. The Kier molecular flexibility index (Phi) is 8.61. The molecule has 0 bridgehead atoms. The zero-order valence-corrected chi connectivity index (χ0v) is 9.94. The van der Waals surface area contributed by atoms with Crippen molar-refractivity contribution in [2.45, 2.75) is 65.7 Å². The van der Waals surface area contributed by atoms with E-state index in [9.17, 15) is 4.79 Å². The minimum atomic E-state index is 0.175. The van der Waals surface area contributed by atoms with Crippen molar-refractivity contribution in [3.63, 3.8) is 0 Å². The van der Waals surface area contributed by atoms with Crippen LogP contribution in [0.3, 0.4) is 0 Å². The fraction of sp³-hybridized carbons (Fsp3) is 0.769. The third-order valence-electron chi connectivity index (χ3n) is 2.37. The summed E-state index contributed by atoms with van der Waals surface area (Å²) in [4.78, 5) is 10.8. The highest BCUT2D eigenvalue weighted by Crippen LogP contribution is 2.11. The molecule has 0 unspecified atom stereocenters. The summed E-state index contributed by atoms with van der Waals surface area (Å²) < 4.78 is 0. The molecule has 0 aromatic heterocycles. The topological polar surface area (TPSA) is 17.1 Å². The molecule has 0 aromatic carbocycles. The van der Waals surface area contributed by atoms with Crippen molar-refractivity contribution in [1.82, 2.24) is 0 Å². The number of rotatable bonds is 8. The first-order valence-electron chi connectivity index (χ1n) is 5.84. The van der Waals surface area contributed by atoms with Crippen LogP contribution in [-0.4, -0.2) is 5.78 Å². The Balaban J connectivity index is 3.31. The van der Waals surface area contributed by atoms with Crippen molar-refractivity contribution < 1.29 is 4.79 Å². The van der Waals surface area contributed by atoms with Crippen LogP contribution in [0.2, 0.25) is 0 Å². The van der Waals surface area contributed by atoms with Crippen molar-refractivity contribution in [2.24, 2.45) is 0 Å². The number of unbranched alkanes of at least 4 members (excludes halogenated alkanes) is 5. The second-order valence-electron chi connectivity index (χ2n) is 4.12. The van der Waals surface area contributed by atoms with Gasteiger partial charge in [0.15, 0.2) is 5.78 Å². The van der Waals surface area contributed by atoms with Gasteiger partial charge in [-0.2, -0.15) is 0 Å². The smallest absolute Gasteiger partial charge is 0.152 e. The maximum absolute atomic E-state index is 10.8. The van der Waals surface area contributed by atoms with Gasteiger partial charge >= 0.3 is 0 Å². The lowest BCUT2D eigenvalue weighted by molar-refractivity contribution is -0.112. The van der Waals surface area contributed by atoms with Crippen molar-refractivity contribution in [2.75, 3.05) is 0 Å². The second kappa shape index (κ2) is 8.98. The van der Waals surface area contributed by atoms with Crippen LogP contribution in [0.4, 0.5) is 0 Å². The standard InChI is InChI=1S/C13H24O/c1-4-5-6-7-8-9-10-12(2)11-13(3)14/h11H,4-10H2,1-3H3/b12-11+. The summed E-state index contributed by atoms with van der Waals surface area (Å²) >= 11 is 0. The lowest BCUT2D eigenvalue weighted by Gasteiger charge is -2.01. The van der Waals surface area contributed by atoms with Crippen LogP contribution >= 0.6 is 0 Å². The number of ketones is 1. The predicted molar refractivity (Wildman–Crippen MR) is 62.4 cm³/mol.